The van der Waals surface area contributed by atoms with Gasteiger partial charge in [-0.2, -0.15) is 0 Å². The van der Waals surface area contributed by atoms with Crippen LogP contribution in [0.3, 0.4) is 0 Å². The highest BCUT2D eigenvalue weighted by molar-refractivity contribution is 7.13. The minimum absolute atomic E-state index is 0.0188. The molecule has 0 amide bonds. The van der Waals surface area contributed by atoms with Crippen molar-refractivity contribution in [1.82, 2.24) is 4.57 Å². The van der Waals surface area contributed by atoms with Gasteiger partial charge in [0.15, 0.2) is 23.7 Å². The molecule has 2 aromatic heterocycles. The fraction of sp³-hybridized carbons (Fsp3) is 0.286. The molecule has 1 aliphatic carbocycles. The SMILES string of the molecule is O=Cc1cc2c(s1)CCN(c1c(F)c(F)c3c(=O)c(C(=O)OB(F)F)cn(C4CC4)c3c1F)C2. The van der Waals surface area contributed by atoms with Gasteiger partial charge in [-0.25, -0.2) is 26.6 Å². The number of hydrogen-bond donors (Lipinski definition) is 0. The first-order chi connectivity index (χ1) is 16.2. The summed E-state index contributed by atoms with van der Waals surface area (Å²) < 4.78 is 76.2. The molecule has 0 radical (unpaired) electrons. The van der Waals surface area contributed by atoms with Crippen molar-refractivity contribution in [2.45, 2.75) is 31.8 Å². The number of aldehydes is 1. The Balaban J connectivity index is 1.70. The highest BCUT2D eigenvalue weighted by atomic mass is 32.1. The number of carbonyl (C=O) groups excluding carboxylic acids is 2. The van der Waals surface area contributed by atoms with Crippen LogP contribution in [-0.2, 0) is 17.6 Å². The van der Waals surface area contributed by atoms with Crippen molar-refractivity contribution in [1.29, 1.82) is 0 Å². The van der Waals surface area contributed by atoms with E-state index in [1.54, 1.807) is 6.07 Å². The smallest absolute Gasteiger partial charge is 0.474 e. The van der Waals surface area contributed by atoms with Gasteiger partial charge in [0.1, 0.15) is 11.3 Å². The van der Waals surface area contributed by atoms with Gasteiger partial charge in [0.2, 0.25) is 5.43 Å². The highest BCUT2D eigenvalue weighted by Gasteiger charge is 2.35. The molecule has 1 fully saturated rings. The van der Waals surface area contributed by atoms with Crippen LogP contribution in [0.25, 0.3) is 10.9 Å². The molecule has 0 saturated heterocycles. The molecule has 1 aliphatic heterocycles. The lowest BCUT2D eigenvalue weighted by Crippen LogP contribution is -2.32. The van der Waals surface area contributed by atoms with Gasteiger partial charge in [-0.15, -0.1) is 11.3 Å². The van der Waals surface area contributed by atoms with Crippen LogP contribution in [0.4, 0.5) is 27.5 Å². The Morgan fingerprint density at radius 2 is 1.91 bits per heavy atom. The maximum atomic E-state index is 15.8. The molecule has 0 spiro atoms. The average Bonchev–Trinajstić information content (AvgIpc) is 3.55. The van der Waals surface area contributed by atoms with Crippen molar-refractivity contribution in [3.63, 3.8) is 0 Å². The lowest BCUT2D eigenvalue weighted by atomic mass is 10.0. The van der Waals surface area contributed by atoms with Gasteiger partial charge in [0.25, 0.3) is 0 Å². The molecule has 5 rings (SSSR count). The standard InChI is InChI=1S/C21H14BF5N2O4S/c23-15-14-18(29(10-1-2-10)7-12(20(14)31)21(32)33-22(26)27)17(25)19(16(15)24)28-4-3-13-9(6-28)5-11(8-30)34-13/h5,7-8,10H,1-4,6H2. The number of nitrogens with zero attached hydrogens (tertiary/aromatic N) is 2. The Morgan fingerprint density at radius 1 is 1.18 bits per heavy atom. The lowest BCUT2D eigenvalue weighted by Gasteiger charge is -2.30. The first kappa shape index (κ1) is 22.6. The van der Waals surface area contributed by atoms with E-state index in [2.05, 4.69) is 4.65 Å². The number of aromatic nitrogens is 1. The molecule has 176 valence electrons. The van der Waals surface area contributed by atoms with Crippen LogP contribution < -0.4 is 10.3 Å². The third-order valence-electron chi connectivity index (χ3n) is 5.95. The van der Waals surface area contributed by atoms with E-state index >= 15 is 13.2 Å². The summed E-state index contributed by atoms with van der Waals surface area (Å²) in [6.45, 7) is 0.155. The molecular weight excluding hydrogens is 482 g/mol. The summed E-state index contributed by atoms with van der Waals surface area (Å²) in [6.07, 6.45) is 2.92. The summed E-state index contributed by atoms with van der Waals surface area (Å²) in [5.74, 6) is -6.21. The zero-order chi connectivity index (χ0) is 24.3. The summed E-state index contributed by atoms with van der Waals surface area (Å²) in [5.41, 5.74) is -2.91. The normalized spacial score (nSPS) is 15.4. The molecule has 6 nitrogen and oxygen atoms in total. The Morgan fingerprint density at radius 3 is 2.56 bits per heavy atom. The van der Waals surface area contributed by atoms with Crippen molar-refractivity contribution in [2.75, 3.05) is 11.4 Å². The van der Waals surface area contributed by atoms with E-state index in [9.17, 15) is 23.0 Å². The van der Waals surface area contributed by atoms with Crippen LogP contribution in [0.15, 0.2) is 17.1 Å². The van der Waals surface area contributed by atoms with E-state index in [-0.39, 0.29) is 13.1 Å². The van der Waals surface area contributed by atoms with Crippen LogP contribution >= 0.6 is 11.3 Å². The summed E-state index contributed by atoms with van der Waals surface area (Å²) in [4.78, 5) is 38.5. The molecule has 0 bridgehead atoms. The van der Waals surface area contributed by atoms with Crippen molar-refractivity contribution in [2.24, 2.45) is 0 Å². The van der Waals surface area contributed by atoms with Crippen molar-refractivity contribution in [3.05, 3.63) is 60.8 Å². The Bertz CT molecular complexity index is 1420. The molecular formula is C21H14BF5N2O4S. The number of pyridine rings is 1. The Kier molecular flexibility index (Phi) is 5.46. The minimum atomic E-state index is -3.53. The molecule has 2 aliphatic rings. The predicted octanol–water partition coefficient (Wildman–Crippen LogP) is 4.27. The van der Waals surface area contributed by atoms with Gasteiger partial charge in [0.05, 0.1) is 15.8 Å². The number of rotatable bonds is 5. The molecule has 3 aromatic rings. The summed E-state index contributed by atoms with van der Waals surface area (Å²) >= 11 is 1.27. The third-order valence-corrected chi connectivity index (χ3v) is 7.11. The van der Waals surface area contributed by atoms with Crippen LogP contribution in [-0.4, -0.2) is 30.8 Å². The highest BCUT2D eigenvalue weighted by Crippen LogP contribution is 2.41. The number of thiophene rings is 1. The monoisotopic (exact) mass is 496 g/mol. The zero-order valence-electron chi connectivity index (χ0n) is 17.2. The molecule has 0 N–H and O–H groups in total. The minimum Gasteiger partial charge on any atom is -0.474 e. The first-order valence-electron chi connectivity index (χ1n) is 10.3. The summed E-state index contributed by atoms with van der Waals surface area (Å²) in [7, 11) is -3.53. The summed E-state index contributed by atoms with van der Waals surface area (Å²) in [6, 6.07) is 1.18. The number of halogens is 5. The van der Waals surface area contributed by atoms with Gasteiger partial charge >= 0.3 is 13.4 Å². The summed E-state index contributed by atoms with van der Waals surface area (Å²) in [5, 5.41) is -1.04. The van der Waals surface area contributed by atoms with Gasteiger partial charge in [-0.1, -0.05) is 0 Å². The fourth-order valence-corrected chi connectivity index (χ4v) is 5.28. The fourth-order valence-electron chi connectivity index (χ4n) is 4.30. The Hall–Kier alpha value is -3.22. The van der Waals surface area contributed by atoms with E-state index in [1.807, 2.05) is 0 Å². The van der Waals surface area contributed by atoms with Crippen molar-refractivity contribution < 1.29 is 36.0 Å². The lowest BCUT2D eigenvalue weighted by molar-refractivity contribution is 0.0693. The van der Waals surface area contributed by atoms with E-state index in [1.165, 1.54) is 16.2 Å². The average molecular weight is 496 g/mol. The second-order valence-corrected chi connectivity index (χ2v) is 9.25. The van der Waals surface area contributed by atoms with Gasteiger partial charge in [0, 0.05) is 30.2 Å². The van der Waals surface area contributed by atoms with Crippen LogP contribution in [0, 0.1) is 17.5 Å². The molecule has 3 heterocycles. The van der Waals surface area contributed by atoms with Gasteiger partial charge in [-0.05, 0) is 30.9 Å². The maximum Gasteiger partial charge on any atom is 0.798 e. The number of fused-ring (bicyclic) bond motifs is 2. The molecule has 0 atom stereocenters. The van der Waals surface area contributed by atoms with Gasteiger partial charge < -0.3 is 14.1 Å². The van der Waals surface area contributed by atoms with Crippen LogP contribution in [0.2, 0.25) is 0 Å². The molecule has 13 heteroatoms. The maximum absolute atomic E-state index is 15.8. The quantitative estimate of drug-likeness (QED) is 0.229. The van der Waals surface area contributed by atoms with Gasteiger partial charge in [-0.3, -0.25) is 9.59 Å². The predicted molar refractivity (Wildman–Crippen MR) is 114 cm³/mol. The van der Waals surface area contributed by atoms with Crippen LogP contribution in [0.1, 0.15) is 49.4 Å². The molecule has 1 aromatic carbocycles. The second kappa shape index (κ2) is 8.22. The van der Waals surface area contributed by atoms with E-state index in [4.69, 9.17) is 0 Å². The van der Waals surface area contributed by atoms with E-state index < -0.39 is 64.5 Å². The van der Waals surface area contributed by atoms with Crippen molar-refractivity contribution in [3.8, 4) is 0 Å². The van der Waals surface area contributed by atoms with E-state index in [0.29, 0.717) is 36.0 Å². The topological polar surface area (TPSA) is 68.6 Å². The number of carbonyl (C=O) groups is 2. The molecule has 0 unspecified atom stereocenters. The third kappa shape index (κ3) is 3.58. The van der Waals surface area contributed by atoms with Crippen molar-refractivity contribution >= 4 is 47.7 Å². The van der Waals surface area contributed by atoms with Crippen LogP contribution in [0.5, 0.6) is 0 Å². The molecule has 34 heavy (non-hydrogen) atoms. The Labute approximate surface area is 192 Å². The zero-order valence-corrected chi connectivity index (χ0v) is 18.1. The largest absolute Gasteiger partial charge is 0.798 e. The number of hydrogen-bond acceptors (Lipinski definition) is 6. The first-order valence-corrected chi connectivity index (χ1v) is 11.1. The number of benzene rings is 1. The number of anilines is 1. The van der Waals surface area contributed by atoms with E-state index in [0.717, 1.165) is 15.6 Å². The molecule has 1 saturated carbocycles. The second-order valence-electron chi connectivity index (χ2n) is 8.08.